The normalized spacial score (nSPS) is 11.2. The van der Waals surface area contributed by atoms with Crippen molar-refractivity contribution in [2.45, 2.75) is 13.8 Å². The van der Waals surface area contributed by atoms with E-state index in [0.717, 1.165) is 33.9 Å². The van der Waals surface area contributed by atoms with Crippen molar-refractivity contribution in [2.75, 3.05) is 11.9 Å². The molecule has 0 aliphatic heterocycles. The number of halogens is 1. The molecule has 0 fully saturated rings. The Kier molecular flexibility index (Phi) is 3.92. The summed E-state index contributed by atoms with van der Waals surface area (Å²) in [5.74, 6) is 1.36. The lowest BCUT2D eigenvalue weighted by molar-refractivity contribution is 0.687. The first kappa shape index (κ1) is 14.1. The molecule has 0 atom stereocenters. The van der Waals surface area contributed by atoms with E-state index in [9.17, 15) is 0 Å². The minimum atomic E-state index is 0.547. The second-order valence-electron chi connectivity index (χ2n) is 5.36. The lowest BCUT2D eigenvalue weighted by Crippen LogP contribution is -2.11. The maximum absolute atomic E-state index is 4.77. The van der Waals surface area contributed by atoms with Crippen LogP contribution in [0.4, 0.5) is 5.82 Å². The number of nitrogens with zero attached hydrogens (tertiary/aromatic N) is 3. The lowest BCUT2D eigenvalue weighted by Gasteiger charge is -2.13. The lowest BCUT2D eigenvalue weighted by atomic mass is 10.1. The Hall–Kier alpha value is -1.88. The van der Waals surface area contributed by atoms with Gasteiger partial charge in [0, 0.05) is 24.5 Å². The Morgan fingerprint density at radius 2 is 2.00 bits per heavy atom. The zero-order valence-corrected chi connectivity index (χ0v) is 13.6. The highest BCUT2D eigenvalue weighted by Gasteiger charge is 2.14. The van der Waals surface area contributed by atoms with Gasteiger partial charge in [0.25, 0.3) is 0 Å². The number of hydrogen-bond acceptors (Lipinski definition) is 3. The van der Waals surface area contributed by atoms with Crippen molar-refractivity contribution in [3.8, 4) is 11.3 Å². The summed E-state index contributed by atoms with van der Waals surface area (Å²) >= 11 is 3.64. The highest BCUT2D eigenvalue weighted by molar-refractivity contribution is 9.10. The van der Waals surface area contributed by atoms with Crippen LogP contribution in [0.25, 0.3) is 16.9 Å². The average molecular weight is 345 g/mol. The summed E-state index contributed by atoms with van der Waals surface area (Å²) in [6.07, 6.45) is 3.73. The van der Waals surface area contributed by atoms with Crippen molar-refractivity contribution in [1.29, 1.82) is 0 Å². The molecular formula is C16H17BrN4. The fraction of sp³-hybridized carbons (Fsp3) is 0.250. The van der Waals surface area contributed by atoms with E-state index in [1.165, 1.54) is 0 Å². The monoisotopic (exact) mass is 344 g/mol. The second kappa shape index (κ2) is 5.85. The third kappa shape index (κ3) is 2.78. The first-order valence-corrected chi connectivity index (χ1v) is 7.78. The standard InChI is InChI=1S/C16H17BrN4/c1-11(2)10-19-15-16-18-8-9-21(16)14(17)13(20-15)12-6-4-3-5-7-12/h3-9,11H,10H2,1-2H3,(H,19,20). The molecule has 4 nitrogen and oxygen atoms in total. The van der Waals surface area contributed by atoms with Crippen LogP contribution in [0.1, 0.15) is 13.8 Å². The van der Waals surface area contributed by atoms with Crippen molar-refractivity contribution in [3.05, 3.63) is 47.3 Å². The van der Waals surface area contributed by atoms with Crippen molar-refractivity contribution in [1.82, 2.24) is 14.4 Å². The largest absolute Gasteiger partial charge is 0.367 e. The van der Waals surface area contributed by atoms with Gasteiger partial charge in [0.15, 0.2) is 11.5 Å². The van der Waals surface area contributed by atoms with Crippen LogP contribution in [0.3, 0.4) is 0 Å². The molecule has 0 saturated heterocycles. The van der Waals surface area contributed by atoms with Crippen LogP contribution < -0.4 is 5.32 Å². The smallest absolute Gasteiger partial charge is 0.180 e. The van der Waals surface area contributed by atoms with E-state index in [1.807, 2.05) is 28.8 Å². The minimum Gasteiger partial charge on any atom is -0.367 e. The molecule has 108 valence electrons. The van der Waals surface area contributed by atoms with Gasteiger partial charge in [0.1, 0.15) is 10.3 Å². The molecule has 2 aromatic heterocycles. The first-order valence-electron chi connectivity index (χ1n) is 6.98. The number of nitrogens with one attached hydrogen (secondary N) is 1. The van der Waals surface area contributed by atoms with Gasteiger partial charge in [0.2, 0.25) is 0 Å². The SMILES string of the molecule is CC(C)CNc1nc(-c2ccccc2)c(Br)n2ccnc12. The third-order valence-electron chi connectivity index (χ3n) is 3.21. The van der Waals surface area contributed by atoms with Gasteiger partial charge in [-0.05, 0) is 21.8 Å². The van der Waals surface area contributed by atoms with E-state index in [-0.39, 0.29) is 0 Å². The van der Waals surface area contributed by atoms with Gasteiger partial charge in [-0.2, -0.15) is 0 Å². The van der Waals surface area contributed by atoms with Gasteiger partial charge >= 0.3 is 0 Å². The summed E-state index contributed by atoms with van der Waals surface area (Å²) < 4.78 is 2.93. The van der Waals surface area contributed by atoms with Crippen molar-refractivity contribution < 1.29 is 0 Å². The highest BCUT2D eigenvalue weighted by atomic mass is 79.9. The van der Waals surface area contributed by atoms with Crippen LogP contribution in [0.5, 0.6) is 0 Å². The summed E-state index contributed by atoms with van der Waals surface area (Å²) in [7, 11) is 0. The van der Waals surface area contributed by atoms with Crippen LogP contribution in [-0.4, -0.2) is 20.9 Å². The Balaban J connectivity index is 2.14. The number of hydrogen-bond donors (Lipinski definition) is 1. The van der Waals surface area contributed by atoms with Gasteiger partial charge in [-0.15, -0.1) is 0 Å². The molecular weight excluding hydrogens is 328 g/mol. The van der Waals surface area contributed by atoms with Gasteiger partial charge in [-0.1, -0.05) is 44.2 Å². The van der Waals surface area contributed by atoms with Gasteiger partial charge in [-0.25, -0.2) is 9.97 Å². The topological polar surface area (TPSA) is 42.2 Å². The van der Waals surface area contributed by atoms with Crippen LogP contribution >= 0.6 is 15.9 Å². The van der Waals surface area contributed by atoms with Crippen molar-refractivity contribution in [3.63, 3.8) is 0 Å². The highest BCUT2D eigenvalue weighted by Crippen LogP contribution is 2.30. The maximum atomic E-state index is 4.77. The molecule has 0 aliphatic carbocycles. The Labute approximate surface area is 132 Å². The molecule has 1 N–H and O–H groups in total. The molecule has 0 spiro atoms. The zero-order chi connectivity index (χ0) is 14.8. The summed E-state index contributed by atoms with van der Waals surface area (Å²) in [6.45, 7) is 5.21. The molecule has 2 heterocycles. The van der Waals surface area contributed by atoms with E-state index in [1.54, 1.807) is 6.20 Å². The predicted molar refractivity (Wildman–Crippen MR) is 89.5 cm³/mol. The third-order valence-corrected chi connectivity index (χ3v) is 3.97. The molecule has 0 radical (unpaired) electrons. The molecule has 0 aliphatic rings. The summed E-state index contributed by atoms with van der Waals surface area (Å²) in [5, 5.41) is 3.40. The fourth-order valence-electron chi connectivity index (χ4n) is 2.16. The zero-order valence-electron chi connectivity index (χ0n) is 12.0. The Bertz CT molecular complexity index is 750. The number of aromatic nitrogens is 3. The fourth-order valence-corrected chi connectivity index (χ4v) is 2.76. The molecule has 0 unspecified atom stereocenters. The van der Waals surface area contributed by atoms with E-state index in [0.29, 0.717) is 5.92 Å². The Morgan fingerprint density at radius 1 is 1.24 bits per heavy atom. The van der Waals surface area contributed by atoms with Gasteiger partial charge in [0.05, 0.1) is 0 Å². The summed E-state index contributed by atoms with van der Waals surface area (Å²) in [5.41, 5.74) is 2.82. The van der Waals surface area contributed by atoms with E-state index < -0.39 is 0 Å². The second-order valence-corrected chi connectivity index (χ2v) is 6.11. The van der Waals surface area contributed by atoms with Crippen LogP contribution in [0, 0.1) is 5.92 Å². The van der Waals surface area contributed by atoms with E-state index in [2.05, 4.69) is 52.2 Å². The number of rotatable bonds is 4. The molecule has 0 saturated carbocycles. The van der Waals surface area contributed by atoms with Gasteiger partial charge in [-0.3, -0.25) is 4.40 Å². The molecule has 3 aromatic rings. The quantitative estimate of drug-likeness (QED) is 0.770. The molecule has 3 rings (SSSR count). The number of imidazole rings is 1. The maximum Gasteiger partial charge on any atom is 0.180 e. The molecule has 0 bridgehead atoms. The molecule has 5 heteroatoms. The van der Waals surface area contributed by atoms with Gasteiger partial charge < -0.3 is 5.32 Å². The van der Waals surface area contributed by atoms with Crippen LogP contribution in [0.15, 0.2) is 47.3 Å². The summed E-state index contributed by atoms with van der Waals surface area (Å²) in [6, 6.07) is 10.2. The average Bonchev–Trinajstić information content (AvgIpc) is 2.97. The summed E-state index contributed by atoms with van der Waals surface area (Å²) in [4.78, 5) is 9.17. The Morgan fingerprint density at radius 3 is 2.71 bits per heavy atom. The number of anilines is 1. The van der Waals surface area contributed by atoms with Crippen LogP contribution in [-0.2, 0) is 0 Å². The number of fused-ring (bicyclic) bond motifs is 1. The van der Waals surface area contributed by atoms with E-state index >= 15 is 0 Å². The molecule has 0 amide bonds. The van der Waals surface area contributed by atoms with Crippen LogP contribution in [0.2, 0.25) is 0 Å². The molecule has 1 aromatic carbocycles. The van der Waals surface area contributed by atoms with Crippen molar-refractivity contribution >= 4 is 27.4 Å². The first-order chi connectivity index (χ1) is 10.2. The minimum absolute atomic E-state index is 0.547. The van der Waals surface area contributed by atoms with E-state index in [4.69, 9.17) is 4.98 Å². The molecule has 21 heavy (non-hydrogen) atoms. The predicted octanol–water partition coefficient (Wildman–Crippen LogP) is 4.23. The number of benzene rings is 1. The van der Waals surface area contributed by atoms with Crippen molar-refractivity contribution in [2.24, 2.45) is 5.92 Å².